The second-order valence-electron chi connectivity index (χ2n) is 7.42. The van der Waals surface area contributed by atoms with Crippen LogP contribution in [0.3, 0.4) is 0 Å². The van der Waals surface area contributed by atoms with E-state index in [4.69, 9.17) is 4.42 Å². The molecule has 0 bridgehead atoms. The number of aromatic nitrogens is 2. The van der Waals surface area contributed by atoms with Crippen LogP contribution < -0.4 is 5.32 Å². The highest BCUT2D eigenvalue weighted by atomic mass is 19.1. The quantitative estimate of drug-likeness (QED) is 0.701. The number of hydrogen-bond acceptors (Lipinski definition) is 4. The number of fused-ring (bicyclic) bond motifs is 1. The molecule has 0 spiro atoms. The Morgan fingerprint density at radius 3 is 2.76 bits per heavy atom. The third-order valence-electron chi connectivity index (χ3n) is 5.20. The summed E-state index contributed by atoms with van der Waals surface area (Å²) in [6.45, 7) is 4.90. The number of benzene rings is 1. The van der Waals surface area contributed by atoms with Crippen molar-refractivity contribution in [3.05, 3.63) is 53.1 Å². The number of oxazole rings is 1. The molecule has 2 aromatic heterocycles. The number of likely N-dealkylation sites (tertiary alicyclic amines) is 1. The first-order valence-electron chi connectivity index (χ1n) is 9.78. The van der Waals surface area contributed by atoms with E-state index in [1.54, 1.807) is 30.9 Å². The van der Waals surface area contributed by atoms with Crippen LogP contribution in [-0.4, -0.2) is 39.8 Å². The zero-order chi connectivity index (χ0) is 20.5. The smallest absolute Gasteiger partial charge is 0.276 e. The minimum Gasteiger partial charge on any atom is -0.443 e. The van der Waals surface area contributed by atoms with E-state index in [1.807, 2.05) is 0 Å². The molecule has 1 aliphatic rings. The van der Waals surface area contributed by atoms with Crippen LogP contribution in [0.2, 0.25) is 0 Å². The highest BCUT2D eigenvalue weighted by Gasteiger charge is 2.26. The van der Waals surface area contributed by atoms with Crippen LogP contribution in [0.1, 0.15) is 64.9 Å². The van der Waals surface area contributed by atoms with Crippen LogP contribution in [0.5, 0.6) is 0 Å². The molecule has 1 aliphatic heterocycles. The number of aryl methyl sites for hydroxylation is 1. The number of carbonyl (C=O) groups excluding carboxylic acids is 2. The molecular formula is C21H23FN4O3. The second-order valence-corrected chi connectivity index (χ2v) is 7.42. The Kier molecular flexibility index (Phi) is 5.08. The molecule has 0 radical (unpaired) electrons. The Labute approximate surface area is 167 Å². The zero-order valence-corrected chi connectivity index (χ0v) is 16.4. The first-order valence-corrected chi connectivity index (χ1v) is 9.78. The van der Waals surface area contributed by atoms with Crippen LogP contribution in [0, 0.1) is 12.7 Å². The summed E-state index contributed by atoms with van der Waals surface area (Å²) in [4.78, 5) is 34.4. The second kappa shape index (κ2) is 7.69. The van der Waals surface area contributed by atoms with Gasteiger partial charge in [-0.25, -0.2) is 9.37 Å². The minimum atomic E-state index is -0.535. The lowest BCUT2D eigenvalue weighted by molar-refractivity contribution is 0.0717. The average molecular weight is 398 g/mol. The van der Waals surface area contributed by atoms with E-state index >= 15 is 0 Å². The molecule has 1 saturated heterocycles. The van der Waals surface area contributed by atoms with Crippen molar-refractivity contribution in [1.82, 2.24) is 20.2 Å². The number of nitrogens with zero attached hydrogens (tertiary/aromatic N) is 2. The Hall–Kier alpha value is -3.16. The van der Waals surface area contributed by atoms with Crippen molar-refractivity contribution in [2.45, 2.75) is 39.2 Å². The van der Waals surface area contributed by atoms with Gasteiger partial charge in [0, 0.05) is 24.0 Å². The van der Waals surface area contributed by atoms with Crippen LogP contribution in [0.4, 0.5) is 4.39 Å². The predicted molar refractivity (Wildman–Crippen MR) is 105 cm³/mol. The third kappa shape index (κ3) is 3.87. The highest BCUT2D eigenvalue weighted by Crippen LogP contribution is 2.21. The number of rotatable bonds is 4. The van der Waals surface area contributed by atoms with Crippen molar-refractivity contribution in [1.29, 1.82) is 0 Å². The summed E-state index contributed by atoms with van der Waals surface area (Å²) in [5.41, 5.74) is 1.28. The van der Waals surface area contributed by atoms with Crippen molar-refractivity contribution in [2.24, 2.45) is 0 Å². The first-order chi connectivity index (χ1) is 13.9. The van der Waals surface area contributed by atoms with E-state index in [1.165, 1.54) is 12.1 Å². The molecule has 2 amide bonds. The van der Waals surface area contributed by atoms with Crippen molar-refractivity contribution >= 4 is 22.7 Å². The standard InChI is InChI=1S/C21H23FN4O3/c1-12(23-19(27)17-11-14-10-15(22)6-7-16(14)24-17)20-25-18(13(2)29-20)21(28)26-8-4-3-5-9-26/h6-7,10-12,24H,3-5,8-9H2,1-2H3,(H,23,27)/t12-/m1/s1. The van der Waals surface area contributed by atoms with Gasteiger partial charge in [-0.2, -0.15) is 0 Å². The van der Waals surface area contributed by atoms with Gasteiger partial charge in [0.05, 0.1) is 0 Å². The van der Waals surface area contributed by atoms with Crippen molar-refractivity contribution in [3.8, 4) is 0 Å². The fraction of sp³-hybridized carbons (Fsp3) is 0.381. The molecule has 3 aromatic rings. The SMILES string of the molecule is Cc1oc([C@@H](C)NC(=O)c2cc3cc(F)ccc3[nH]2)nc1C(=O)N1CCCCC1. The van der Waals surface area contributed by atoms with Crippen molar-refractivity contribution in [3.63, 3.8) is 0 Å². The van der Waals surface area contributed by atoms with Crippen LogP contribution >= 0.6 is 0 Å². The number of H-pyrrole nitrogens is 1. The molecule has 0 saturated carbocycles. The summed E-state index contributed by atoms with van der Waals surface area (Å²) >= 11 is 0. The lowest BCUT2D eigenvalue weighted by Gasteiger charge is -2.25. The number of piperidine rings is 1. The summed E-state index contributed by atoms with van der Waals surface area (Å²) < 4.78 is 19.0. The lowest BCUT2D eigenvalue weighted by atomic mass is 10.1. The number of halogens is 1. The number of amides is 2. The molecular weight excluding hydrogens is 375 g/mol. The molecule has 0 unspecified atom stereocenters. The zero-order valence-electron chi connectivity index (χ0n) is 16.4. The van der Waals surface area contributed by atoms with Gasteiger partial charge in [-0.15, -0.1) is 0 Å². The normalized spacial score (nSPS) is 15.5. The Morgan fingerprint density at radius 1 is 1.24 bits per heavy atom. The van der Waals surface area contributed by atoms with Gasteiger partial charge in [0.2, 0.25) is 5.89 Å². The van der Waals surface area contributed by atoms with Crippen molar-refractivity contribution in [2.75, 3.05) is 13.1 Å². The fourth-order valence-corrected chi connectivity index (χ4v) is 3.61. The molecule has 29 heavy (non-hydrogen) atoms. The molecule has 8 heteroatoms. The highest BCUT2D eigenvalue weighted by molar-refractivity contribution is 5.98. The van der Waals surface area contributed by atoms with E-state index in [9.17, 15) is 14.0 Å². The van der Waals surface area contributed by atoms with Gasteiger partial charge in [0.1, 0.15) is 23.3 Å². The Morgan fingerprint density at radius 2 is 2.00 bits per heavy atom. The lowest BCUT2D eigenvalue weighted by Crippen LogP contribution is -2.36. The maximum atomic E-state index is 13.4. The summed E-state index contributed by atoms with van der Waals surface area (Å²) in [5.74, 6) is -0.142. The topological polar surface area (TPSA) is 91.2 Å². The molecule has 1 atom stereocenters. The largest absolute Gasteiger partial charge is 0.443 e. The average Bonchev–Trinajstić information content (AvgIpc) is 3.31. The molecule has 152 valence electrons. The number of nitrogens with one attached hydrogen (secondary N) is 2. The maximum absolute atomic E-state index is 13.4. The van der Waals surface area contributed by atoms with Gasteiger partial charge >= 0.3 is 0 Å². The molecule has 1 aromatic carbocycles. The van der Waals surface area contributed by atoms with Gasteiger partial charge in [0.15, 0.2) is 5.69 Å². The molecule has 4 rings (SSSR count). The fourth-order valence-electron chi connectivity index (χ4n) is 3.61. The molecule has 1 fully saturated rings. The van der Waals surface area contributed by atoms with Crippen molar-refractivity contribution < 1.29 is 18.4 Å². The number of hydrogen-bond donors (Lipinski definition) is 2. The van der Waals surface area contributed by atoms with Gasteiger partial charge in [-0.05, 0) is 57.4 Å². The predicted octanol–water partition coefficient (Wildman–Crippen LogP) is 3.72. The van der Waals surface area contributed by atoms with E-state index in [2.05, 4.69) is 15.3 Å². The summed E-state index contributed by atoms with van der Waals surface area (Å²) in [5, 5.41) is 3.42. The maximum Gasteiger partial charge on any atom is 0.276 e. The first kappa shape index (κ1) is 19.2. The monoisotopic (exact) mass is 398 g/mol. The molecule has 3 heterocycles. The Bertz CT molecular complexity index is 1070. The molecule has 7 nitrogen and oxygen atoms in total. The number of carbonyl (C=O) groups is 2. The summed E-state index contributed by atoms with van der Waals surface area (Å²) in [6.07, 6.45) is 3.13. The Balaban J connectivity index is 1.48. The molecule has 2 N–H and O–H groups in total. The van der Waals surface area contributed by atoms with Crippen LogP contribution in [0.15, 0.2) is 28.7 Å². The van der Waals surface area contributed by atoms with Crippen LogP contribution in [0.25, 0.3) is 10.9 Å². The molecule has 0 aliphatic carbocycles. The van der Waals surface area contributed by atoms with Gasteiger partial charge in [-0.1, -0.05) is 0 Å². The van der Waals surface area contributed by atoms with Gasteiger partial charge in [-0.3, -0.25) is 9.59 Å². The summed E-state index contributed by atoms with van der Waals surface area (Å²) in [6, 6.07) is 5.34. The van der Waals surface area contributed by atoms with E-state index in [0.29, 0.717) is 28.1 Å². The minimum absolute atomic E-state index is 0.131. The van der Waals surface area contributed by atoms with Gasteiger partial charge < -0.3 is 19.6 Å². The van der Waals surface area contributed by atoms with E-state index in [-0.39, 0.29) is 23.5 Å². The van der Waals surface area contributed by atoms with E-state index in [0.717, 1.165) is 32.4 Å². The van der Waals surface area contributed by atoms with Gasteiger partial charge in [0.25, 0.3) is 11.8 Å². The van der Waals surface area contributed by atoms with Crippen LogP contribution in [-0.2, 0) is 0 Å². The summed E-state index contributed by atoms with van der Waals surface area (Å²) in [7, 11) is 0. The van der Waals surface area contributed by atoms with E-state index < -0.39 is 6.04 Å². The number of aromatic amines is 1. The third-order valence-corrected chi connectivity index (χ3v) is 5.20.